The van der Waals surface area contributed by atoms with Crippen LogP contribution in [0.4, 0.5) is 5.69 Å². The van der Waals surface area contributed by atoms with Gasteiger partial charge >= 0.3 is 0 Å². The number of alkyl halides is 2. The van der Waals surface area contributed by atoms with Crippen molar-refractivity contribution in [1.29, 1.82) is 0 Å². The van der Waals surface area contributed by atoms with Crippen molar-refractivity contribution in [1.82, 2.24) is 0 Å². The van der Waals surface area contributed by atoms with Gasteiger partial charge in [-0.05, 0) is 17.7 Å². The Balaban J connectivity index is 3.41. The first kappa shape index (κ1) is 11.3. The molecule has 0 aromatic heterocycles. The summed E-state index contributed by atoms with van der Waals surface area (Å²) in [4.78, 5) is 3.33. The minimum atomic E-state index is -0.111. The molecule has 0 saturated carbocycles. The zero-order valence-corrected chi connectivity index (χ0v) is 10.9. The third-order valence-electron chi connectivity index (χ3n) is 1.40. The Hall–Kier alpha value is 0.250. The van der Waals surface area contributed by atoms with Gasteiger partial charge in [0, 0.05) is 10.0 Å². The Morgan fingerprint density at radius 2 is 1.92 bits per heavy atom. The molecular formula is C8H3Br2Cl2N. The van der Waals surface area contributed by atoms with Gasteiger partial charge in [0.1, 0.15) is 0 Å². The monoisotopic (exact) mass is 341 g/mol. The minimum absolute atomic E-state index is 0.111. The average Bonchev–Trinajstić information content (AvgIpc) is 2.02. The van der Waals surface area contributed by atoms with Gasteiger partial charge in [-0.3, -0.25) is 0 Å². The highest BCUT2D eigenvalue weighted by atomic mass is 79.9. The van der Waals surface area contributed by atoms with Crippen molar-refractivity contribution in [2.24, 2.45) is 0 Å². The third kappa shape index (κ3) is 2.60. The molecule has 0 aliphatic carbocycles. The average molecular weight is 344 g/mol. The summed E-state index contributed by atoms with van der Waals surface area (Å²) in [6.07, 6.45) is 0. The highest BCUT2D eigenvalue weighted by molar-refractivity contribution is 9.24. The van der Waals surface area contributed by atoms with Crippen LogP contribution in [0.2, 0.25) is 10.0 Å². The standard InChI is InChI=1S/C8H3Br2Cl2N/c1-13-7-5(8(9)10)2-4(11)3-6(7)12/h2-3,8H. The first-order valence-corrected chi connectivity index (χ1v) is 5.79. The number of halogens is 4. The van der Waals surface area contributed by atoms with E-state index >= 15 is 0 Å². The molecule has 0 saturated heterocycles. The fraction of sp³-hybridized carbons (Fsp3) is 0.125. The lowest BCUT2D eigenvalue weighted by molar-refractivity contribution is 1.44. The zero-order chi connectivity index (χ0) is 10.0. The van der Waals surface area contributed by atoms with Crippen LogP contribution in [0.25, 0.3) is 4.85 Å². The summed E-state index contributed by atoms with van der Waals surface area (Å²) in [5.74, 6) is 0. The van der Waals surface area contributed by atoms with Gasteiger partial charge in [-0.25, -0.2) is 4.85 Å². The molecule has 0 aliphatic rings. The Kier molecular flexibility index (Phi) is 4.06. The van der Waals surface area contributed by atoms with E-state index in [2.05, 4.69) is 36.7 Å². The molecular weight excluding hydrogens is 341 g/mol. The maximum absolute atomic E-state index is 6.94. The Labute approximate surface area is 103 Å². The molecule has 0 atom stereocenters. The summed E-state index contributed by atoms with van der Waals surface area (Å²) in [5.41, 5.74) is 1.16. The van der Waals surface area contributed by atoms with E-state index in [1.54, 1.807) is 12.1 Å². The van der Waals surface area contributed by atoms with Gasteiger partial charge < -0.3 is 0 Å². The molecule has 0 bridgehead atoms. The molecule has 0 heterocycles. The van der Waals surface area contributed by atoms with E-state index in [-0.39, 0.29) is 3.74 Å². The maximum Gasteiger partial charge on any atom is 0.210 e. The maximum atomic E-state index is 6.94. The van der Waals surface area contributed by atoms with Crippen molar-refractivity contribution in [2.45, 2.75) is 3.74 Å². The number of rotatable bonds is 1. The van der Waals surface area contributed by atoms with E-state index < -0.39 is 0 Å². The van der Waals surface area contributed by atoms with E-state index in [1.165, 1.54) is 0 Å². The minimum Gasteiger partial charge on any atom is -0.236 e. The van der Waals surface area contributed by atoms with Crippen LogP contribution in [0.3, 0.4) is 0 Å². The van der Waals surface area contributed by atoms with Crippen molar-refractivity contribution < 1.29 is 0 Å². The molecule has 0 spiro atoms. The zero-order valence-electron chi connectivity index (χ0n) is 6.19. The SMILES string of the molecule is [C-]#[N+]c1c(Cl)cc(Cl)cc1C(Br)Br. The highest BCUT2D eigenvalue weighted by Crippen LogP contribution is 2.41. The van der Waals surface area contributed by atoms with Gasteiger partial charge in [0.2, 0.25) is 5.69 Å². The topological polar surface area (TPSA) is 4.36 Å². The van der Waals surface area contributed by atoms with E-state index in [9.17, 15) is 0 Å². The van der Waals surface area contributed by atoms with Crippen molar-refractivity contribution in [2.75, 3.05) is 0 Å². The lowest BCUT2D eigenvalue weighted by atomic mass is 10.2. The summed E-state index contributed by atoms with van der Waals surface area (Å²) in [7, 11) is 0. The molecule has 0 N–H and O–H groups in total. The van der Waals surface area contributed by atoms with Crippen LogP contribution >= 0.6 is 55.1 Å². The van der Waals surface area contributed by atoms with Crippen LogP contribution in [0.5, 0.6) is 0 Å². The second-order valence-corrected chi connectivity index (χ2v) is 6.14. The second kappa shape index (κ2) is 4.65. The van der Waals surface area contributed by atoms with Gasteiger partial charge in [0.05, 0.1) is 10.3 Å². The van der Waals surface area contributed by atoms with Crippen molar-refractivity contribution in [3.63, 3.8) is 0 Å². The third-order valence-corrected chi connectivity index (χ3v) is 2.90. The fourth-order valence-corrected chi connectivity index (χ4v) is 2.12. The summed E-state index contributed by atoms with van der Waals surface area (Å²) in [5, 5.41) is 0.901. The number of hydrogen-bond donors (Lipinski definition) is 0. The van der Waals surface area contributed by atoms with E-state index in [0.29, 0.717) is 15.7 Å². The van der Waals surface area contributed by atoms with Gasteiger partial charge in [-0.2, -0.15) is 0 Å². The Morgan fingerprint density at radius 3 is 2.38 bits per heavy atom. The van der Waals surface area contributed by atoms with Crippen LogP contribution in [0.15, 0.2) is 12.1 Å². The summed E-state index contributed by atoms with van der Waals surface area (Å²) < 4.78 is -0.111. The predicted molar refractivity (Wildman–Crippen MR) is 63.3 cm³/mol. The summed E-state index contributed by atoms with van der Waals surface area (Å²) >= 11 is 18.2. The summed E-state index contributed by atoms with van der Waals surface area (Å²) in [6, 6.07) is 3.26. The number of benzene rings is 1. The normalized spacial score (nSPS) is 10.2. The smallest absolute Gasteiger partial charge is 0.210 e. The molecule has 0 aliphatic heterocycles. The first-order valence-electron chi connectivity index (χ1n) is 3.20. The number of nitrogens with zero attached hydrogens (tertiary/aromatic N) is 1. The fourth-order valence-electron chi connectivity index (χ4n) is 0.870. The van der Waals surface area contributed by atoms with Crippen LogP contribution in [0.1, 0.15) is 9.30 Å². The Morgan fingerprint density at radius 1 is 1.31 bits per heavy atom. The van der Waals surface area contributed by atoms with Gasteiger partial charge in [-0.15, -0.1) is 0 Å². The molecule has 68 valence electrons. The molecule has 1 aromatic rings. The molecule has 0 unspecified atom stereocenters. The van der Waals surface area contributed by atoms with Gasteiger partial charge in [0.15, 0.2) is 0 Å². The first-order chi connectivity index (χ1) is 6.06. The molecule has 5 heteroatoms. The van der Waals surface area contributed by atoms with Crippen molar-refractivity contribution >= 4 is 60.7 Å². The molecule has 1 aromatic carbocycles. The molecule has 0 fully saturated rings. The molecule has 0 amide bonds. The van der Waals surface area contributed by atoms with Crippen LogP contribution < -0.4 is 0 Å². The van der Waals surface area contributed by atoms with E-state index in [4.69, 9.17) is 29.8 Å². The van der Waals surface area contributed by atoms with Crippen molar-refractivity contribution in [3.8, 4) is 0 Å². The summed E-state index contributed by atoms with van der Waals surface area (Å²) in [6.45, 7) is 6.94. The molecule has 1 rings (SSSR count). The van der Waals surface area contributed by atoms with Gasteiger partial charge in [0.25, 0.3) is 0 Å². The van der Waals surface area contributed by atoms with Crippen LogP contribution in [-0.2, 0) is 0 Å². The van der Waals surface area contributed by atoms with Crippen LogP contribution in [-0.4, -0.2) is 0 Å². The van der Waals surface area contributed by atoms with Gasteiger partial charge in [-0.1, -0.05) is 55.1 Å². The Bertz CT molecular complexity index is 371. The number of hydrogen-bond acceptors (Lipinski definition) is 0. The largest absolute Gasteiger partial charge is 0.236 e. The van der Waals surface area contributed by atoms with Crippen LogP contribution in [0, 0.1) is 6.57 Å². The van der Waals surface area contributed by atoms with Crippen molar-refractivity contribution in [3.05, 3.63) is 39.2 Å². The van der Waals surface area contributed by atoms with E-state index in [1.807, 2.05) is 0 Å². The lowest BCUT2D eigenvalue weighted by Crippen LogP contribution is -1.82. The second-order valence-electron chi connectivity index (χ2n) is 2.24. The molecule has 0 radical (unpaired) electrons. The lowest BCUT2D eigenvalue weighted by Gasteiger charge is -2.07. The molecule has 13 heavy (non-hydrogen) atoms. The predicted octanol–water partition coefficient (Wildman–Crippen LogP) is 5.33. The molecule has 1 nitrogen and oxygen atoms in total. The highest BCUT2D eigenvalue weighted by Gasteiger charge is 2.13. The quantitative estimate of drug-likeness (QED) is 0.479. The van der Waals surface area contributed by atoms with E-state index in [0.717, 1.165) is 5.56 Å².